The summed E-state index contributed by atoms with van der Waals surface area (Å²) in [6.45, 7) is 0.159. The zero-order chi connectivity index (χ0) is 23.9. The first-order valence-corrected chi connectivity index (χ1v) is 10.6. The minimum atomic E-state index is -0.572. The van der Waals surface area contributed by atoms with E-state index in [-0.39, 0.29) is 18.3 Å². The largest absolute Gasteiger partial charge is 0.488 e. The van der Waals surface area contributed by atoms with Gasteiger partial charge in [0, 0.05) is 22.4 Å². The lowest BCUT2D eigenvalue weighted by Crippen LogP contribution is -2.14. The molecule has 0 heterocycles. The molecule has 0 spiro atoms. The van der Waals surface area contributed by atoms with E-state index in [1.165, 1.54) is 0 Å². The third kappa shape index (κ3) is 5.37. The van der Waals surface area contributed by atoms with Gasteiger partial charge < -0.3 is 15.8 Å². The number of nitrogens with two attached hydrogens (primary N) is 1. The van der Waals surface area contributed by atoms with Crippen LogP contribution in [0.15, 0.2) is 103 Å². The molecule has 3 N–H and O–H groups in total. The molecule has 34 heavy (non-hydrogen) atoms. The van der Waals surface area contributed by atoms with Crippen LogP contribution in [0.1, 0.15) is 42.2 Å². The van der Waals surface area contributed by atoms with E-state index in [1.807, 2.05) is 24.3 Å². The van der Waals surface area contributed by atoms with Crippen molar-refractivity contribution in [3.8, 4) is 5.75 Å². The molecular weight excluding hydrogens is 428 g/mol. The average molecular weight is 450 g/mol. The number of rotatable bonds is 8. The van der Waals surface area contributed by atoms with Crippen LogP contribution in [0, 0.1) is 0 Å². The summed E-state index contributed by atoms with van der Waals surface area (Å²) in [6.07, 6.45) is 0. The van der Waals surface area contributed by atoms with Crippen LogP contribution in [0.25, 0.3) is 0 Å². The van der Waals surface area contributed by atoms with Gasteiger partial charge in [0.05, 0.1) is 5.56 Å². The molecule has 0 saturated carbocycles. The summed E-state index contributed by atoms with van der Waals surface area (Å²) in [6, 6.07) is 29.5. The van der Waals surface area contributed by atoms with E-state index in [2.05, 4.69) is 5.32 Å². The van der Waals surface area contributed by atoms with Crippen LogP contribution in [-0.4, -0.2) is 17.6 Å². The van der Waals surface area contributed by atoms with E-state index in [0.717, 1.165) is 5.56 Å². The van der Waals surface area contributed by atoms with Crippen molar-refractivity contribution >= 4 is 23.3 Å². The van der Waals surface area contributed by atoms with E-state index in [0.29, 0.717) is 33.7 Å². The van der Waals surface area contributed by atoms with Gasteiger partial charge in [-0.2, -0.15) is 0 Å². The number of carbonyl (C=O) groups is 3. The Kier molecular flexibility index (Phi) is 6.79. The first-order chi connectivity index (χ1) is 16.5. The molecule has 6 nitrogen and oxygen atoms in total. The summed E-state index contributed by atoms with van der Waals surface area (Å²) >= 11 is 0. The van der Waals surface area contributed by atoms with Gasteiger partial charge in [-0.05, 0) is 42.0 Å². The molecule has 2 amide bonds. The van der Waals surface area contributed by atoms with Crippen LogP contribution in [0.4, 0.5) is 5.69 Å². The van der Waals surface area contributed by atoms with Crippen molar-refractivity contribution < 1.29 is 19.1 Å². The van der Waals surface area contributed by atoms with E-state index >= 15 is 0 Å². The van der Waals surface area contributed by atoms with Crippen molar-refractivity contribution in [1.29, 1.82) is 0 Å². The maximum atomic E-state index is 12.8. The second kappa shape index (κ2) is 10.3. The molecule has 168 valence electrons. The van der Waals surface area contributed by atoms with E-state index in [4.69, 9.17) is 10.5 Å². The third-order valence-electron chi connectivity index (χ3n) is 5.15. The Morgan fingerprint density at radius 1 is 0.706 bits per heavy atom. The summed E-state index contributed by atoms with van der Waals surface area (Å²) in [5.41, 5.74) is 8.45. The smallest absolute Gasteiger partial charge is 0.255 e. The molecule has 0 saturated heterocycles. The first-order valence-electron chi connectivity index (χ1n) is 10.6. The number of carbonyl (C=O) groups excluding carboxylic acids is 3. The predicted molar refractivity (Wildman–Crippen MR) is 130 cm³/mol. The molecule has 0 aliphatic carbocycles. The minimum Gasteiger partial charge on any atom is -0.488 e. The minimum absolute atomic E-state index is 0.118. The van der Waals surface area contributed by atoms with Gasteiger partial charge in [0.2, 0.25) is 0 Å². The molecule has 0 aliphatic heterocycles. The molecule has 0 aliphatic rings. The molecule has 4 aromatic carbocycles. The molecule has 4 aromatic rings. The van der Waals surface area contributed by atoms with Crippen LogP contribution < -0.4 is 15.8 Å². The van der Waals surface area contributed by atoms with Crippen LogP contribution in [-0.2, 0) is 6.61 Å². The van der Waals surface area contributed by atoms with Gasteiger partial charge >= 0.3 is 0 Å². The Morgan fingerprint density at radius 2 is 1.38 bits per heavy atom. The molecule has 0 unspecified atom stereocenters. The maximum absolute atomic E-state index is 12.8. The van der Waals surface area contributed by atoms with Crippen LogP contribution in [0.3, 0.4) is 0 Å². The predicted octanol–water partition coefficient (Wildman–Crippen LogP) is 4.85. The number of amides is 2. The summed E-state index contributed by atoms with van der Waals surface area (Å²) in [5.74, 6) is -0.628. The number of primary amides is 1. The highest BCUT2D eigenvalue weighted by Gasteiger charge is 2.12. The summed E-state index contributed by atoms with van der Waals surface area (Å²) in [4.78, 5) is 37.1. The van der Waals surface area contributed by atoms with E-state index in [9.17, 15) is 14.4 Å². The zero-order valence-corrected chi connectivity index (χ0v) is 18.2. The molecule has 0 aromatic heterocycles. The van der Waals surface area contributed by atoms with Crippen LogP contribution in [0.2, 0.25) is 0 Å². The molecule has 0 atom stereocenters. The van der Waals surface area contributed by atoms with Crippen molar-refractivity contribution in [2.45, 2.75) is 6.61 Å². The lowest BCUT2D eigenvalue weighted by molar-refractivity contribution is 0.0993. The Morgan fingerprint density at radius 3 is 2.18 bits per heavy atom. The fourth-order valence-corrected chi connectivity index (χ4v) is 3.46. The highest BCUT2D eigenvalue weighted by Crippen LogP contribution is 2.20. The lowest BCUT2D eigenvalue weighted by Gasteiger charge is -2.11. The Bertz CT molecular complexity index is 1350. The van der Waals surface area contributed by atoms with Gasteiger partial charge in [0.15, 0.2) is 5.78 Å². The van der Waals surface area contributed by atoms with Gasteiger partial charge in [0.1, 0.15) is 12.4 Å². The standard InChI is InChI=1S/C28H22N2O4/c29-27(32)24-14-4-5-15-25(24)34-18-19-8-6-12-22(16-19)28(33)30-23-13-7-11-21(17-23)26(31)20-9-2-1-3-10-20/h1-17H,18H2,(H2,29,32)(H,30,33). The quantitative estimate of drug-likeness (QED) is 0.375. The Hall–Kier alpha value is -4.71. The van der Waals surface area contributed by atoms with Crippen LogP contribution in [0.5, 0.6) is 5.75 Å². The number of benzene rings is 4. The van der Waals surface area contributed by atoms with Gasteiger partial charge in [-0.25, -0.2) is 0 Å². The third-order valence-corrected chi connectivity index (χ3v) is 5.15. The Balaban J connectivity index is 1.45. The van der Waals surface area contributed by atoms with Crippen molar-refractivity contribution in [1.82, 2.24) is 0 Å². The van der Waals surface area contributed by atoms with Gasteiger partial charge in [-0.1, -0.05) is 66.7 Å². The van der Waals surface area contributed by atoms with E-state index in [1.54, 1.807) is 78.9 Å². The molecule has 0 radical (unpaired) electrons. The zero-order valence-electron chi connectivity index (χ0n) is 18.2. The highest BCUT2D eigenvalue weighted by molar-refractivity contribution is 6.10. The van der Waals surface area contributed by atoms with Crippen LogP contribution >= 0.6 is 0 Å². The molecule has 0 bridgehead atoms. The summed E-state index contributed by atoms with van der Waals surface area (Å²) in [5, 5.41) is 2.84. The lowest BCUT2D eigenvalue weighted by atomic mass is 10.0. The topological polar surface area (TPSA) is 98.5 Å². The highest BCUT2D eigenvalue weighted by atomic mass is 16.5. The number of hydrogen-bond donors (Lipinski definition) is 2. The molecule has 6 heteroatoms. The molecule has 4 rings (SSSR count). The summed E-state index contributed by atoms with van der Waals surface area (Å²) < 4.78 is 5.75. The van der Waals surface area contributed by atoms with Crippen molar-refractivity contribution in [2.75, 3.05) is 5.32 Å². The summed E-state index contributed by atoms with van der Waals surface area (Å²) in [7, 11) is 0. The van der Waals surface area contributed by atoms with Gasteiger partial charge in [-0.3, -0.25) is 14.4 Å². The second-order valence-corrected chi connectivity index (χ2v) is 7.58. The second-order valence-electron chi connectivity index (χ2n) is 7.58. The number of hydrogen-bond acceptors (Lipinski definition) is 4. The first kappa shape index (κ1) is 22.5. The van der Waals surface area contributed by atoms with Gasteiger partial charge in [-0.15, -0.1) is 0 Å². The number of anilines is 1. The van der Waals surface area contributed by atoms with Crippen molar-refractivity contribution in [3.63, 3.8) is 0 Å². The number of ketones is 1. The monoisotopic (exact) mass is 450 g/mol. The SMILES string of the molecule is NC(=O)c1ccccc1OCc1cccc(C(=O)Nc2cccc(C(=O)c3ccccc3)c2)c1. The van der Waals surface area contributed by atoms with Crippen molar-refractivity contribution in [3.05, 3.63) is 131 Å². The number of para-hydroxylation sites is 1. The molecule has 0 fully saturated rings. The normalized spacial score (nSPS) is 10.4. The van der Waals surface area contributed by atoms with Crippen molar-refractivity contribution in [2.24, 2.45) is 5.73 Å². The average Bonchev–Trinajstić information content (AvgIpc) is 2.88. The van der Waals surface area contributed by atoms with Gasteiger partial charge in [0.25, 0.3) is 11.8 Å². The maximum Gasteiger partial charge on any atom is 0.255 e. The Labute approximate surface area is 197 Å². The molecular formula is C28H22N2O4. The fourth-order valence-electron chi connectivity index (χ4n) is 3.46. The van der Waals surface area contributed by atoms with E-state index < -0.39 is 5.91 Å². The number of nitrogens with one attached hydrogen (secondary N) is 1. The number of ether oxygens (including phenoxy) is 1. The fraction of sp³-hybridized carbons (Fsp3) is 0.0357.